The Morgan fingerprint density at radius 3 is 2.06 bits per heavy atom. The van der Waals surface area contributed by atoms with E-state index in [1.54, 1.807) is 0 Å². The van der Waals surface area contributed by atoms with Gasteiger partial charge in [0, 0.05) is 6.54 Å². The molecule has 0 aromatic heterocycles. The molecular weight excluding hydrogens is 246 g/mol. The summed E-state index contributed by atoms with van der Waals surface area (Å²) >= 11 is 0. The molecule has 2 nitrogen and oxygen atoms in total. The standard InChI is InChI=1S/C15H27NO.ClH/c1-2-3-16-4-5-17-15-9-12-6-13(10-15)8-14(7-12)11-15;/h12-14,16H,2-11H2,1H3;1H. The fourth-order valence-corrected chi connectivity index (χ4v) is 4.85. The average Bonchev–Trinajstić information content (AvgIpc) is 2.26. The Labute approximate surface area is 118 Å². The Hall–Kier alpha value is 0.210. The predicted octanol–water partition coefficient (Wildman–Crippen LogP) is 3.39. The summed E-state index contributed by atoms with van der Waals surface area (Å²) in [5.74, 6) is 3.01. The molecular formula is C15H28ClNO. The minimum absolute atomic E-state index is 0. The van der Waals surface area contributed by atoms with Gasteiger partial charge in [-0.05, 0) is 69.2 Å². The Morgan fingerprint density at radius 1 is 1.00 bits per heavy atom. The summed E-state index contributed by atoms with van der Waals surface area (Å²) < 4.78 is 6.33. The van der Waals surface area contributed by atoms with Crippen molar-refractivity contribution in [3.8, 4) is 0 Å². The summed E-state index contributed by atoms with van der Waals surface area (Å²) in [4.78, 5) is 0. The average molecular weight is 274 g/mol. The highest BCUT2D eigenvalue weighted by Gasteiger charge is 2.51. The Kier molecular flexibility index (Phi) is 4.96. The van der Waals surface area contributed by atoms with E-state index in [4.69, 9.17) is 4.74 Å². The first kappa shape index (κ1) is 14.6. The second-order valence-corrected chi connectivity index (χ2v) is 6.70. The van der Waals surface area contributed by atoms with Crippen molar-refractivity contribution in [1.29, 1.82) is 0 Å². The van der Waals surface area contributed by atoms with Gasteiger partial charge < -0.3 is 10.1 Å². The van der Waals surface area contributed by atoms with E-state index in [-0.39, 0.29) is 12.4 Å². The predicted molar refractivity (Wildman–Crippen MR) is 77.3 cm³/mol. The molecule has 0 aliphatic heterocycles. The Morgan fingerprint density at radius 2 is 1.56 bits per heavy atom. The van der Waals surface area contributed by atoms with Crippen LogP contribution in [0.25, 0.3) is 0 Å². The molecule has 0 radical (unpaired) electrons. The molecule has 4 saturated carbocycles. The molecule has 0 saturated heterocycles. The molecule has 0 unspecified atom stereocenters. The zero-order valence-corrected chi connectivity index (χ0v) is 12.4. The van der Waals surface area contributed by atoms with Crippen molar-refractivity contribution in [2.24, 2.45) is 17.8 Å². The smallest absolute Gasteiger partial charge is 0.0691 e. The van der Waals surface area contributed by atoms with Gasteiger partial charge >= 0.3 is 0 Å². The van der Waals surface area contributed by atoms with Crippen LogP contribution in [0.2, 0.25) is 0 Å². The molecule has 3 heteroatoms. The second kappa shape index (κ2) is 6.11. The number of nitrogens with one attached hydrogen (secondary N) is 1. The summed E-state index contributed by atoms with van der Waals surface area (Å²) in [5, 5.41) is 3.44. The van der Waals surface area contributed by atoms with Crippen LogP contribution < -0.4 is 5.32 Å². The van der Waals surface area contributed by atoms with Crippen LogP contribution in [-0.4, -0.2) is 25.3 Å². The number of hydrogen-bond donors (Lipinski definition) is 1. The van der Waals surface area contributed by atoms with Gasteiger partial charge in [0.2, 0.25) is 0 Å². The van der Waals surface area contributed by atoms with E-state index in [0.717, 1.165) is 37.5 Å². The first-order valence-electron chi connectivity index (χ1n) is 7.64. The molecule has 0 spiro atoms. The molecule has 1 N–H and O–H groups in total. The third-order valence-corrected chi connectivity index (χ3v) is 5.10. The van der Waals surface area contributed by atoms with Crippen molar-refractivity contribution in [1.82, 2.24) is 5.32 Å². The number of ether oxygens (including phenoxy) is 1. The normalized spacial score (nSPS) is 40.8. The molecule has 0 aromatic rings. The topological polar surface area (TPSA) is 21.3 Å². The van der Waals surface area contributed by atoms with Gasteiger partial charge in [0.1, 0.15) is 0 Å². The van der Waals surface area contributed by atoms with Crippen LogP contribution in [0.4, 0.5) is 0 Å². The van der Waals surface area contributed by atoms with E-state index in [0.29, 0.717) is 5.60 Å². The van der Waals surface area contributed by atoms with E-state index in [1.807, 2.05) is 0 Å². The maximum atomic E-state index is 6.33. The first-order valence-corrected chi connectivity index (χ1v) is 7.64. The molecule has 0 aromatic carbocycles. The first-order chi connectivity index (χ1) is 8.30. The zero-order valence-electron chi connectivity index (χ0n) is 11.6. The van der Waals surface area contributed by atoms with E-state index in [9.17, 15) is 0 Å². The van der Waals surface area contributed by atoms with Gasteiger partial charge in [-0.25, -0.2) is 0 Å². The van der Waals surface area contributed by atoms with Crippen LogP contribution in [0.3, 0.4) is 0 Å². The van der Waals surface area contributed by atoms with Gasteiger partial charge in [0.05, 0.1) is 12.2 Å². The highest BCUT2D eigenvalue weighted by atomic mass is 35.5. The van der Waals surface area contributed by atoms with E-state index in [2.05, 4.69) is 12.2 Å². The summed E-state index contributed by atoms with van der Waals surface area (Å²) in [5.41, 5.74) is 0.308. The van der Waals surface area contributed by atoms with Crippen LogP contribution in [-0.2, 0) is 4.74 Å². The van der Waals surface area contributed by atoms with Gasteiger partial charge in [0.25, 0.3) is 0 Å². The molecule has 0 atom stereocenters. The van der Waals surface area contributed by atoms with Crippen molar-refractivity contribution in [2.45, 2.75) is 57.5 Å². The fourth-order valence-electron chi connectivity index (χ4n) is 4.85. The van der Waals surface area contributed by atoms with Crippen LogP contribution in [0.5, 0.6) is 0 Å². The van der Waals surface area contributed by atoms with Crippen molar-refractivity contribution >= 4 is 12.4 Å². The van der Waals surface area contributed by atoms with Crippen LogP contribution in [0.15, 0.2) is 0 Å². The number of hydrogen-bond acceptors (Lipinski definition) is 2. The lowest BCUT2D eigenvalue weighted by molar-refractivity contribution is -0.161. The lowest BCUT2D eigenvalue weighted by Crippen LogP contribution is -2.52. The van der Waals surface area contributed by atoms with Crippen molar-refractivity contribution < 1.29 is 4.74 Å². The Balaban J connectivity index is 0.00000120. The lowest BCUT2D eigenvalue weighted by Gasteiger charge is -2.56. The fraction of sp³-hybridized carbons (Fsp3) is 1.00. The largest absolute Gasteiger partial charge is 0.374 e. The molecule has 106 valence electrons. The molecule has 4 rings (SSSR count). The lowest BCUT2D eigenvalue weighted by atomic mass is 9.54. The van der Waals surface area contributed by atoms with Crippen LogP contribution in [0, 0.1) is 17.8 Å². The summed E-state index contributed by atoms with van der Waals surface area (Å²) in [6, 6.07) is 0. The zero-order chi connectivity index (χ0) is 11.7. The summed E-state index contributed by atoms with van der Waals surface area (Å²) in [7, 11) is 0. The minimum atomic E-state index is 0. The number of rotatable bonds is 6. The number of halogens is 1. The maximum Gasteiger partial charge on any atom is 0.0691 e. The highest BCUT2D eigenvalue weighted by Crippen LogP contribution is 2.56. The van der Waals surface area contributed by atoms with E-state index in [1.165, 1.54) is 44.9 Å². The second-order valence-electron chi connectivity index (χ2n) is 6.70. The van der Waals surface area contributed by atoms with Crippen molar-refractivity contribution in [2.75, 3.05) is 19.7 Å². The quantitative estimate of drug-likeness (QED) is 0.749. The van der Waals surface area contributed by atoms with Crippen molar-refractivity contribution in [3.05, 3.63) is 0 Å². The minimum Gasteiger partial charge on any atom is -0.374 e. The van der Waals surface area contributed by atoms with Gasteiger partial charge in [-0.1, -0.05) is 6.92 Å². The Bertz CT molecular complexity index is 234. The van der Waals surface area contributed by atoms with Gasteiger partial charge in [-0.2, -0.15) is 0 Å². The monoisotopic (exact) mass is 273 g/mol. The highest BCUT2D eigenvalue weighted by molar-refractivity contribution is 5.85. The SMILES string of the molecule is CCCNCCOC12CC3CC(CC(C3)C1)C2.Cl. The van der Waals surface area contributed by atoms with Crippen molar-refractivity contribution in [3.63, 3.8) is 0 Å². The third kappa shape index (κ3) is 3.02. The van der Waals surface area contributed by atoms with Crippen LogP contribution in [0.1, 0.15) is 51.9 Å². The van der Waals surface area contributed by atoms with E-state index < -0.39 is 0 Å². The summed E-state index contributed by atoms with van der Waals surface area (Å²) in [6.07, 6.45) is 9.85. The van der Waals surface area contributed by atoms with Crippen LogP contribution >= 0.6 is 12.4 Å². The molecule has 18 heavy (non-hydrogen) atoms. The van der Waals surface area contributed by atoms with Gasteiger partial charge in [0.15, 0.2) is 0 Å². The molecule has 0 heterocycles. The summed E-state index contributed by atoms with van der Waals surface area (Å²) in [6.45, 7) is 5.30. The molecule has 4 fully saturated rings. The molecule has 0 amide bonds. The molecule has 4 aliphatic rings. The maximum absolute atomic E-state index is 6.33. The molecule has 4 aliphatic carbocycles. The third-order valence-electron chi connectivity index (χ3n) is 5.10. The molecule has 4 bridgehead atoms. The van der Waals surface area contributed by atoms with E-state index >= 15 is 0 Å². The van der Waals surface area contributed by atoms with Gasteiger partial charge in [-0.3, -0.25) is 0 Å². The van der Waals surface area contributed by atoms with Gasteiger partial charge in [-0.15, -0.1) is 12.4 Å².